The van der Waals surface area contributed by atoms with Crippen molar-refractivity contribution in [1.82, 2.24) is 0 Å². The van der Waals surface area contributed by atoms with Crippen molar-refractivity contribution in [3.05, 3.63) is 27.7 Å². The average Bonchev–Trinajstić information content (AvgIpc) is 2.34. The van der Waals surface area contributed by atoms with Gasteiger partial charge in [0.05, 0.1) is 0 Å². The molecule has 90 valence electrons. The second-order valence-corrected chi connectivity index (χ2v) is 9.27. The van der Waals surface area contributed by atoms with Gasteiger partial charge in [-0.15, -0.1) is 0 Å². The lowest BCUT2D eigenvalue weighted by Gasteiger charge is -2.19. The van der Waals surface area contributed by atoms with E-state index < -0.39 is 8.07 Å². The maximum Gasteiger partial charge on any atom is 0.367 e. The standard InChI is InChI=1S/C12H22N2OSi/c1-6-10(5)11(15)12(14-13)16(7-2,8-3)9-4/h6H,7-9H2,1-5H3/p+1/b10-6+,12-11-. The van der Waals surface area contributed by atoms with Crippen LogP contribution < -0.4 is 0 Å². The maximum atomic E-state index is 10.1. The third kappa shape index (κ3) is 2.73. The molecule has 4 heteroatoms. The minimum absolute atomic E-state index is 0.169. The van der Waals surface area contributed by atoms with Gasteiger partial charge in [0, 0.05) is 0 Å². The number of hydrogen-bond acceptors (Lipinski definition) is 2. The zero-order valence-electron chi connectivity index (χ0n) is 11.0. The fourth-order valence-corrected chi connectivity index (χ4v) is 5.40. The van der Waals surface area contributed by atoms with Crippen LogP contribution in [0, 0.1) is 5.39 Å². The van der Waals surface area contributed by atoms with E-state index in [2.05, 4.69) is 25.7 Å². The van der Waals surface area contributed by atoms with Crippen LogP contribution in [0.1, 0.15) is 34.6 Å². The molecule has 0 unspecified atom stereocenters. The largest absolute Gasteiger partial charge is 0.502 e. The third-order valence-corrected chi connectivity index (χ3v) is 9.07. The molecule has 0 aromatic heterocycles. The first kappa shape index (κ1) is 14.9. The first-order chi connectivity index (χ1) is 7.52. The van der Waals surface area contributed by atoms with Crippen molar-refractivity contribution in [3.63, 3.8) is 0 Å². The van der Waals surface area contributed by atoms with Gasteiger partial charge in [-0.05, 0) is 37.6 Å². The first-order valence-electron chi connectivity index (χ1n) is 5.95. The number of rotatable bonds is 5. The molecule has 0 saturated carbocycles. The summed E-state index contributed by atoms with van der Waals surface area (Å²) in [5.41, 5.74) is 0.778. The lowest BCUT2D eigenvalue weighted by molar-refractivity contribution is 0.420. The van der Waals surface area contributed by atoms with Crippen LogP contribution in [0.2, 0.25) is 18.1 Å². The van der Waals surface area contributed by atoms with Crippen LogP contribution in [0.15, 0.2) is 22.7 Å². The molecule has 16 heavy (non-hydrogen) atoms. The van der Waals surface area contributed by atoms with E-state index in [4.69, 9.17) is 0 Å². The molecule has 0 aliphatic heterocycles. The molecule has 0 aromatic carbocycles. The normalized spacial score (nSPS) is 14.4. The van der Waals surface area contributed by atoms with Gasteiger partial charge in [0.2, 0.25) is 19.2 Å². The summed E-state index contributed by atoms with van der Waals surface area (Å²) < 4.78 is 0. The van der Waals surface area contributed by atoms with E-state index in [0.717, 1.165) is 23.7 Å². The van der Waals surface area contributed by atoms with E-state index in [1.165, 1.54) is 0 Å². The van der Waals surface area contributed by atoms with E-state index >= 15 is 0 Å². The Balaban J connectivity index is 5.69. The Labute approximate surface area is 99.5 Å². The zero-order valence-corrected chi connectivity index (χ0v) is 12.0. The molecular weight excluding hydrogens is 216 g/mol. The molecule has 0 aromatic rings. The molecule has 1 N–H and O–H groups in total. The second kappa shape index (κ2) is 6.49. The van der Waals surface area contributed by atoms with Gasteiger partial charge in [0.15, 0.2) is 4.98 Å². The topological polar surface area (TPSA) is 48.4 Å². The smallest absolute Gasteiger partial charge is 0.367 e. The lowest BCUT2D eigenvalue weighted by atomic mass is 10.2. The summed E-state index contributed by atoms with van der Waals surface area (Å²) in [5, 5.41) is 19.8. The van der Waals surface area contributed by atoms with Crippen molar-refractivity contribution in [2.75, 3.05) is 0 Å². The number of allylic oxidation sites excluding steroid dienone is 2. The summed E-state index contributed by atoms with van der Waals surface area (Å²) in [4.78, 5) is 3.39. The monoisotopic (exact) mass is 239 g/mol. The Hall–Kier alpha value is -1.08. The molecule has 0 rings (SSSR count). The predicted molar refractivity (Wildman–Crippen MR) is 71.4 cm³/mol. The predicted octanol–water partition coefficient (Wildman–Crippen LogP) is 4.62. The van der Waals surface area contributed by atoms with Gasteiger partial charge in [-0.3, -0.25) is 0 Å². The van der Waals surface area contributed by atoms with Crippen LogP contribution in [0.4, 0.5) is 0 Å². The zero-order chi connectivity index (χ0) is 12.8. The van der Waals surface area contributed by atoms with Crippen molar-refractivity contribution < 1.29 is 5.11 Å². The second-order valence-electron chi connectivity index (χ2n) is 4.11. The van der Waals surface area contributed by atoms with Crippen LogP contribution >= 0.6 is 0 Å². The summed E-state index contributed by atoms with van der Waals surface area (Å²) in [6.07, 6.45) is 1.83. The van der Waals surface area contributed by atoms with E-state index in [0.29, 0.717) is 5.32 Å². The molecule has 0 saturated heterocycles. The summed E-state index contributed by atoms with van der Waals surface area (Å²) in [7, 11) is -1.82. The maximum absolute atomic E-state index is 10.1. The van der Waals surface area contributed by atoms with E-state index in [1.54, 1.807) is 0 Å². The van der Waals surface area contributed by atoms with E-state index in [9.17, 15) is 10.5 Å². The minimum Gasteiger partial charge on any atom is -0.502 e. The molecule has 0 fully saturated rings. The van der Waals surface area contributed by atoms with Crippen molar-refractivity contribution in [1.29, 1.82) is 5.39 Å². The van der Waals surface area contributed by atoms with Crippen molar-refractivity contribution in [2.45, 2.75) is 52.8 Å². The fourth-order valence-electron chi connectivity index (χ4n) is 1.98. The van der Waals surface area contributed by atoms with Gasteiger partial charge in [0.1, 0.15) is 0 Å². The van der Waals surface area contributed by atoms with Gasteiger partial charge in [-0.1, -0.05) is 26.8 Å². The van der Waals surface area contributed by atoms with Crippen LogP contribution in [0.5, 0.6) is 0 Å². The van der Waals surface area contributed by atoms with Crippen LogP contribution in [0.3, 0.4) is 0 Å². The highest BCUT2D eigenvalue weighted by Gasteiger charge is 2.45. The highest BCUT2D eigenvalue weighted by atomic mass is 28.3. The van der Waals surface area contributed by atoms with Gasteiger partial charge in [0.25, 0.3) is 0 Å². The van der Waals surface area contributed by atoms with Gasteiger partial charge < -0.3 is 5.11 Å². The number of aliphatic hydroxyl groups is 1. The Bertz CT molecular complexity index is 327. The fraction of sp³-hybridized carbons (Fsp3) is 0.667. The summed E-state index contributed by atoms with van der Waals surface area (Å²) in [6, 6.07) is 2.96. The summed E-state index contributed by atoms with van der Waals surface area (Å²) in [5.74, 6) is 0.169. The average molecular weight is 239 g/mol. The number of hydrogen-bond donors (Lipinski definition) is 1. The van der Waals surface area contributed by atoms with Crippen molar-refractivity contribution in [3.8, 4) is 0 Å². The Kier molecular flexibility index (Phi) is 6.05. The minimum atomic E-state index is -1.82. The van der Waals surface area contributed by atoms with Crippen LogP contribution in [-0.2, 0) is 0 Å². The highest BCUT2D eigenvalue weighted by Crippen LogP contribution is 2.32. The molecule has 0 radical (unpaired) electrons. The molecule has 0 atom stereocenters. The lowest BCUT2D eigenvalue weighted by Crippen LogP contribution is -2.34. The molecule has 0 aliphatic rings. The van der Waals surface area contributed by atoms with Crippen LogP contribution in [-0.4, -0.2) is 13.2 Å². The molecule has 0 aliphatic carbocycles. The summed E-state index contributed by atoms with van der Waals surface area (Å²) in [6.45, 7) is 10.0. The van der Waals surface area contributed by atoms with Crippen molar-refractivity contribution in [2.24, 2.45) is 0 Å². The van der Waals surface area contributed by atoms with Crippen LogP contribution in [0.25, 0.3) is 4.98 Å². The Morgan fingerprint density at radius 3 is 1.94 bits per heavy atom. The van der Waals surface area contributed by atoms with Gasteiger partial charge in [-0.2, -0.15) is 0 Å². The Morgan fingerprint density at radius 1 is 1.25 bits per heavy atom. The molecular formula is C12H23N2OSi+. The van der Waals surface area contributed by atoms with E-state index in [-0.39, 0.29) is 5.76 Å². The Morgan fingerprint density at radius 2 is 1.69 bits per heavy atom. The molecule has 3 nitrogen and oxygen atoms in total. The van der Waals surface area contributed by atoms with E-state index in [1.807, 2.05) is 19.9 Å². The number of aliphatic hydroxyl groups excluding tert-OH is 1. The SMILES string of the molecule is C/C=C(C)/C(O)=C(\[N+]#N)[Si](CC)(CC)CC. The molecule has 0 amide bonds. The quantitative estimate of drug-likeness (QED) is 0.329. The third-order valence-electron chi connectivity index (χ3n) is 3.66. The summed E-state index contributed by atoms with van der Waals surface area (Å²) >= 11 is 0. The molecule has 0 spiro atoms. The first-order valence-corrected chi connectivity index (χ1v) is 8.57. The van der Waals surface area contributed by atoms with Crippen molar-refractivity contribution >= 4 is 8.07 Å². The highest BCUT2D eigenvalue weighted by molar-refractivity contribution is 6.86. The van der Waals surface area contributed by atoms with Gasteiger partial charge in [-0.25, -0.2) is 0 Å². The molecule has 0 heterocycles. The number of nitrogens with zero attached hydrogens (tertiary/aromatic N) is 2. The number of diazo groups is 1. The molecule has 0 bridgehead atoms. The van der Waals surface area contributed by atoms with Gasteiger partial charge >= 0.3 is 5.32 Å².